The van der Waals surface area contributed by atoms with Crippen LogP contribution in [0.25, 0.3) is 28.0 Å². The van der Waals surface area contributed by atoms with Gasteiger partial charge in [0.2, 0.25) is 0 Å². The molecule has 4 aromatic heterocycles. The number of nitrogens with zero attached hydrogens (tertiary/aromatic N) is 6. The van der Waals surface area contributed by atoms with Gasteiger partial charge in [-0.05, 0) is 19.9 Å². The molecule has 31 heavy (non-hydrogen) atoms. The minimum atomic E-state index is -4.61. The van der Waals surface area contributed by atoms with Crippen LogP contribution < -0.4 is 4.90 Å². The van der Waals surface area contributed by atoms with Crippen molar-refractivity contribution in [2.24, 2.45) is 0 Å². The number of fused-ring (bicyclic) bond motifs is 1. The smallest absolute Gasteiger partial charge is 0.377 e. The van der Waals surface area contributed by atoms with Crippen LogP contribution in [0.3, 0.4) is 0 Å². The average molecular weight is 432 g/mol. The molecule has 2 N–H and O–H groups in total. The maximum Gasteiger partial charge on any atom is 0.435 e. The van der Waals surface area contributed by atoms with Crippen LogP contribution in [0.1, 0.15) is 18.3 Å². The molecule has 0 spiro atoms. The van der Waals surface area contributed by atoms with Gasteiger partial charge >= 0.3 is 6.18 Å². The number of alkyl halides is 3. The molecule has 0 amide bonds. The number of hydrogen-bond donors (Lipinski definition) is 2. The molecule has 0 radical (unpaired) electrons. The highest BCUT2D eigenvalue weighted by Gasteiger charge is 2.39. The zero-order chi connectivity index (χ0) is 21.8. The maximum atomic E-state index is 13.7. The number of halogens is 3. The molecule has 4 aromatic rings. The van der Waals surface area contributed by atoms with Crippen molar-refractivity contribution in [3.8, 4) is 16.9 Å². The number of morpholine rings is 1. The van der Waals surface area contributed by atoms with E-state index in [2.05, 4.69) is 25.5 Å². The fourth-order valence-electron chi connectivity index (χ4n) is 3.92. The van der Waals surface area contributed by atoms with E-state index in [-0.39, 0.29) is 11.6 Å². The molecule has 1 atom stereocenters. The summed E-state index contributed by atoms with van der Waals surface area (Å²) < 4.78 is 48.2. The first-order valence-corrected chi connectivity index (χ1v) is 9.70. The highest BCUT2D eigenvalue weighted by Crippen LogP contribution is 2.41. The minimum Gasteiger partial charge on any atom is -0.377 e. The van der Waals surface area contributed by atoms with Crippen molar-refractivity contribution in [3.05, 3.63) is 35.9 Å². The van der Waals surface area contributed by atoms with Crippen LogP contribution in [-0.2, 0) is 10.9 Å². The lowest BCUT2D eigenvalue weighted by molar-refractivity contribution is -0.140. The lowest BCUT2D eigenvalue weighted by Gasteiger charge is -2.34. The van der Waals surface area contributed by atoms with E-state index >= 15 is 0 Å². The Morgan fingerprint density at radius 2 is 2.10 bits per heavy atom. The Balaban J connectivity index is 1.80. The summed E-state index contributed by atoms with van der Waals surface area (Å²) in [5, 5.41) is 17.6. The number of aromatic amines is 2. The average Bonchev–Trinajstić information content (AvgIpc) is 3.46. The molecule has 0 bridgehead atoms. The molecular weight excluding hydrogens is 413 g/mol. The summed E-state index contributed by atoms with van der Waals surface area (Å²) in [6, 6.07) is 3.40. The number of ether oxygens (including phenoxy) is 1. The molecular formula is C19H19F3N8O. The Bertz CT molecular complexity index is 1230. The first kappa shape index (κ1) is 19.5. The van der Waals surface area contributed by atoms with Gasteiger partial charge in [0, 0.05) is 34.8 Å². The van der Waals surface area contributed by atoms with Crippen molar-refractivity contribution >= 4 is 16.9 Å². The number of aryl methyl sites for hydroxylation is 1. The topological polar surface area (TPSA) is 101 Å². The van der Waals surface area contributed by atoms with E-state index in [1.165, 1.54) is 10.9 Å². The summed E-state index contributed by atoms with van der Waals surface area (Å²) in [5.74, 6) is 1.11. The Morgan fingerprint density at radius 3 is 2.81 bits per heavy atom. The number of H-pyrrole nitrogens is 2. The Kier molecular flexibility index (Phi) is 4.46. The SMILES string of the molecule is Cc1[nH]nc(C(F)(F)F)c1-c1cc(N2CCOCC2C)nc2c1cnn2-c1ccn[nH]1. The molecule has 0 saturated carbocycles. The number of rotatable bonds is 3. The molecule has 12 heteroatoms. The fraction of sp³-hybridized carbons (Fsp3) is 0.368. The summed E-state index contributed by atoms with van der Waals surface area (Å²) >= 11 is 0. The van der Waals surface area contributed by atoms with Crippen molar-refractivity contribution in [3.63, 3.8) is 0 Å². The molecule has 5 heterocycles. The third-order valence-electron chi connectivity index (χ3n) is 5.39. The number of nitrogens with one attached hydrogen (secondary N) is 2. The summed E-state index contributed by atoms with van der Waals surface area (Å²) in [7, 11) is 0. The second kappa shape index (κ2) is 7.08. The standard InChI is InChI=1S/C19H19F3N8O/c1-10-9-31-6-5-29(10)15-7-12(16-11(2)26-28-17(16)19(20,21)22)13-8-24-30(18(13)25-15)14-3-4-23-27-14/h3-4,7-8,10H,5-6,9H2,1-2H3,(H,23,27)(H,26,28). The predicted octanol–water partition coefficient (Wildman–Crippen LogP) is 3.09. The summed E-state index contributed by atoms with van der Waals surface area (Å²) in [6.07, 6.45) is -1.53. The van der Waals surface area contributed by atoms with Gasteiger partial charge in [-0.2, -0.15) is 33.1 Å². The second-order valence-electron chi connectivity index (χ2n) is 7.45. The van der Waals surface area contributed by atoms with Gasteiger partial charge in [0.1, 0.15) is 5.82 Å². The van der Waals surface area contributed by atoms with Crippen molar-refractivity contribution in [1.82, 2.24) is 35.2 Å². The minimum absolute atomic E-state index is 0.00813. The fourth-order valence-corrected chi connectivity index (χ4v) is 3.92. The molecule has 1 fully saturated rings. The van der Waals surface area contributed by atoms with Gasteiger partial charge in [-0.1, -0.05) is 0 Å². The van der Waals surface area contributed by atoms with E-state index in [1.54, 1.807) is 25.3 Å². The highest BCUT2D eigenvalue weighted by atomic mass is 19.4. The Labute approximate surface area is 174 Å². The zero-order valence-corrected chi connectivity index (χ0v) is 16.7. The van der Waals surface area contributed by atoms with E-state index in [9.17, 15) is 13.2 Å². The third kappa shape index (κ3) is 3.23. The van der Waals surface area contributed by atoms with Gasteiger partial charge in [0.15, 0.2) is 17.2 Å². The Hall–Kier alpha value is -3.41. The predicted molar refractivity (Wildman–Crippen MR) is 106 cm³/mol. The van der Waals surface area contributed by atoms with Crippen molar-refractivity contribution in [2.45, 2.75) is 26.1 Å². The van der Waals surface area contributed by atoms with Crippen LogP contribution in [0.2, 0.25) is 0 Å². The van der Waals surface area contributed by atoms with Gasteiger partial charge in [-0.15, -0.1) is 0 Å². The number of aromatic nitrogens is 7. The Morgan fingerprint density at radius 1 is 1.26 bits per heavy atom. The molecule has 9 nitrogen and oxygen atoms in total. The van der Waals surface area contributed by atoms with Crippen LogP contribution in [0.4, 0.5) is 19.0 Å². The van der Waals surface area contributed by atoms with Crippen LogP contribution >= 0.6 is 0 Å². The highest BCUT2D eigenvalue weighted by molar-refractivity contribution is 5.96. The van der Waals surface area contributed by atoms with Crippen LogP contribution in [0.5, 0.6) is 0 Å². The van der Waals surface area contributed by atoms with Crippen molar-refractivity contribution < 1.29 is 17.9 Å². The first-order chi connectivity index (χ1) is 14.8. The molecule has 5 rings (SSSR count). The maximum absolute atomic E-state index is 13.7. The van der Waals surface area contributed by atoms with E-state index in [1.807, 2.05) is 11.8 Å². The van der Waals surface area contributed by atoms with E-state index in [0.717, 1.165) is 0 Å². The van der Waals surface area contributed by atoms with Gasteiger partial charge in [-0.25, -0.2) is 4.98 Å². The number of hydrogen-bond acceptors (Lipinski definition) is 6. The lowest BCUT2D eigenvalue weighted by Crippen LogP contribution is -2.44. The van der Waals surface area contributed by atoms with Crippen LogP contribution in [-0.4, -0.2) is 61.0 Å². The largest absolute Gasteiger partial charge is 0.435 e. The normalized spacial score (nSPS) is 17.6. The van der Waals surface area contributed by atoms with Gasteiger partial charge in [0.25, 0.3) is 0 Å². The van der Waals surface area contributed by atoms with Crippen molar-refractivity contribution in [2.75, 3.05) is 24.7 Å². The second-order valence-corrected chi connectivity index (χ2v) is 7.45. The molecule has 1 saturated heterocycles. The third-order valence-corrected chi connectivity index (χ3v) is 5.39. The van der Waals surface area contributed by atoms with Crippen LogP contribution in [0.15, 0.2) is 24.5 Å². The van der Waals surface area contributed by atoms with Gasteiger partial charge in [0.05, 0.1) is 31.6 Å². The van der Waals surface area contributed by atoms with Gasteiger partial charge in [-0.3, -0.25) is 10.2 Å². The van der Waals surface area contributed by atoms with E-state index < -0.39 is 11.9 Å². The van der Waals surface area contributed by atoms with Crippen molar-refractivity contribution in [1.29, 1.82) is 0 Å². The summed E-state index contributed by atoms with van der Waals surface area (Å²) in [4.78, 5) is 6.80. The monoisotopic (exact) mass is 432 g/mol. The molecule has 0 aromatic carbocycles. The van der Waals surface area contributed by atoms with E-state index in [4.69, 9.17) is 9.72 Å². The molecule has 1 aliphatic rings. The van der Waals surface area contributed by atoms with Crippen LogP contribution in [0, 0.1) is 6.92 Å². The number of pyridine rings is 1. The zero-order valence-electron chi connectivity index (χ0n) is 16.7. The molecule has 162 valence electrons. The quantitative estimate of drug-likeness (QED) is 0.516. The molecule has 1 aliphatic heterocycles. The first-order valence-electron chi connectivity index (χ1n) is 9.70. The molecule has 0 aliphatic carbocycles. The molecule has 1 unspecified atom stereocenters. The summed E-state index contributed by atoms with van der Waals surface area (Å²) in [6.45, 7) is 5.15. The summed E-state index contributed by atoms with van der Waals surface area (Å²) in [5.41, 5.74) is 0.126. The number of anilines is 1. The van der Waals surface area contributed by atoms with E-state index in [0.29, 0.717) is 53.7 Å². The lowest BCUT2D eigenvalue weighted by atomic mass is 10.0. The van der Waals surface area contributed by atoms with Gasteiger partial charge < -0.3 is 9.64 Å².